The van der Waals surface area contributed by atoms with Crippen molar-refractivity contribution >= 4 is 0 Å². The first-order valence-corrected chi connectivity index (χ1v) is 7.30. The van der Waals surface area contributed by atoms with Crippen molar-refractivity contribution < 1.29 is 9.13 Å². The zero-order valence-corrected chi connectivity index (χ0v) is 11.7. The van der Waals surface area contributed by atoms with Gasteiger partial charge in [-0.15, -0.1) is 0 Å². The van der Waals surface area contributed by atoms with Crippen LogP contribution in [0.1, 0.15) is 43.2 Å². The van der Waals surface area contributed by atoms with E-state index in [-0.39, 0.29) is 5.82 Å². The second-order valence-electron chi connectivity index (χ2n) is 5.22. The lowest BCUT2D eigenvalue weighted by Gasteiger charge is -2.22. The van der Waals surface area contributed by atoms with Crippen LogP contribution in [0, 0.1) is 17.1 Å². The Balaban J connectivity index is 1.68. The van der Waals surface area contributed by atoms with Crippen molar-refractivity contribution in [2.75, 3.05) is 13.2 Å². The van der Waals surface area contributed by atoms with Crippen LogP contribution in [-0.4, -0.2) is 19.3 Å². The van der Waals surface area contributed by atoms with E-state index in [1.54, 1.807) is 0 Å². The lowest BCUT2D eigenvalue weighted by molar-refractivity contribution is 0.0302. The summed E-state index contributed by atoms with van der Waals surface area (Å²) in [5.41, 5.74) is 1.22. The number of hydrogen-bond donors (Lipinski definition) is 1. The van der Waals surface area contributed by atoms with Gasteiger partial charge in [0.15, 0.2) is 0 Å². The number of ether oxygens (including phenoxy) is 1. The first-order valence-electron chi connectivity index (χ1n) is 7.30. The molecule has 108 valence electrons. The van der Waals surface area contributed by atoms with Crippen LogP contribution < -0.4 is 5.32 Å². The van der Waals surface area contributed by atoms with Gasteiger partial charge in [0.2, 0.25) is 0 Å². The third-order valence-corrected chi connectivity index (χ3v) is 3.69. The molecule has 0 heterocycles. The highest BCUT2D eigenvalue weighted by atomic mass is 19.1. The molecule has 0 spiro atoms. The molecule has 2 rings (SSSR count). The van der Waals surface area contributed by atoms with Crippen LogP contribution >= 0.6 is 0 Å². The molecule has 0 atom stereocenters. The van der Waals surface area contributed by atoms with Crippen molar-refractivity contribution in [3.63, 3.8) is 0 Å². The number of nitrogens with zero attached hydrogens (tertiary/aromatic N) is 1. The maximum atomic E-state index is 13.1. The van der Waals surface area contributed by atoms with Crippen molar-refractivity contribution in [3.05, 3.63) is 35.1 Å². The van der Waals surface area contributed by atoms with Gasteiger partial charge in [0.1, 0.15) is 5.82 Å². The van der Waals surface area contributed by atoms with Crippen LogP contribution in [-0.2, 0) is 11.3 Å². The molecule has 1 aromatic carbocycles. The minimum Gasteiger partial charge on any atom is -0.377 e. The van der Waals surface area contributed by atoms with Gasteiger partial charge in [-0.25, -0.2) is 4.39 Å². The zero-order chi connectivity index (χ0) is 14.2. The lowest BCUT2D eigenvalue weighted by atomic mass is 9.98. The van der Waals surface area contributed by atoms with E-state index >= 15 is 0 Å². The third kappa shape index (κ3) is 4.59. The molecule has 20 heavy (non-hydrogen) atoms. The Bertz CT molecular complexity index is 464. The standard InChI is InChI=1S/C16H21FN2O/c17-15-7-6-13(11-18)14(10-15)12-19-8-9-20-16-4-2-1-3-5-16/h6-7,10,16,19H,1-5,8-9,12H2. The largest absolute Gasteiger partial charge is 0.377 e. The molecule has 0 aromatic heterocycles. The van der Waals surface area contributed by atoms with Crippen LogP contribution in [0.25, 0.3) is 0 Å². The number of hydrogen-bond acceptors (Lipinski definition) is 3. The fourth-order valence-corrected chi connectivity index (χ4v) is 2.57. The predicted molar refractivity (Wildman–Crippen MR) is 75.6 cm³/mol. The van der Waals surface area contributed by atoms with Crippen LogP contribution in [0.4, 0.5) is 4.39 Å². The van der Waals surface area contributed by atoms with Crippen molar-refractivity contribution in [1.82, 2.24) is 5.32 Å². The highest BCUT2D eigenvalue weighted by Gasteiger charge is 2.13. The smallest absolute Gasteiger partial charge is 0.123 e. The Morgan fingerprint density at radius 2 is 2.10 bits per heavy atom. The van der Waals surface area contributed by atoms with E-state index in [1.165, 1.54) is 50.3 Å². The lowest BCUT2D eigenvalue weighted by Crippen LogP contribution is -2.24. The third-order valence-electron chi connectivity index (χ3n) is 3.69. The van der Waals surface area contributed by atoms with E-state index in [0.717, 1.165) is 6.54 Å². The van der Waals surface area contributed by atoms with Gasteiger partial charge in [-0.2, -0.15) is 5.26 Å². The van der Waals surface area contributed by atoms with Gasteiger partial charge < -0.3 is 10.1 Å². The van der Waals surface area contributed by atoms with Crippen LogP contribution in [0.5, 0.6) is 0 Å². The summed E-state index contributed by atoms with van der Waals surface area (Å²) in [5, 5.41) is 12.2. The first-order chi connectivity index (χ1) is 9.79. The minimum atomic E-state index is -0.306. The van der Waals surface area contributed by atoms with Gasteiger partial charge in [-0.05, 0) is 36.6 Å². The van der Waals surface area contributed by atoms with E-state index in [0.29, 0.717) is 30.4 Å². The molecule has 0 bridgehead atoms. The van der Waals surface area contributed by atoms with Crippen molar-refractivity contribution in [2.24, 2.45) is 0 Å². The zero-order valence-electron chi connectivity index (χ0n) is 11.7. The number of nitriles is 1. The topological polar surface area (TPSA) is 45.0 Å². The molecule has 1 aliphatic rings. The Kier molecular flexibility index (Phi) is 5.97. The highest BCUT2D eigenvalue weighted by Crippen LogP contribution is 2.19. The van der Waals surface area contributed by atoms with Gasteiger partial charge >= 0.3 is 0 Å². The first kappa shape index (κ1) is 15.0. The van der Waals surface area contributed by atoms with Crippen molar-refractivity contribution in [2.45, 2.75) is 44.8 Å². The molecule has 0 unspecified atom stereocenters. The van der Waals surface area contributed by atoms with Crippen LogP contribution in [0.2, 0.25) is 0 Å². The van der Waals surface area contributed by atoms with Crippen molar-refractivity contribution in [3.8, 4) is 6.07 Å². The average Bonchev–Trinajstić information content (AvgIpc) is 2.48. The molecule has 0 saturated heterocycles. The van der Waals surface area contributed by atoms with Crippen molar-refractivity contribution in [1.29, 1.82) is 5.26 Å². The molecule has 4 heteroatoms. The molecular weight excluding hydrogens is 255 g/mol. The second-order valence-corrected chi connectivity index (χ2v) is 5.22. The van der Waals surface area contributed by atoms with E-state index in [4.69, 9.17) is 10.00 Å². The summed E-state index contributed by atoms with van der Waals surface area (Å²) < 4.78 is 18.9. The Labute approximate surface area is 119 Å². The minimum absolute atomic E-state index is 0.306. The van der Waals surface area contributed by atoms with Crippen LogP contribution in [0.3, 0.4) is 0 Å². The monoisotopic (exact) mass is 276 g/mol. The molecular formula is C16H21FN2O. The summed E-state index contributed by atoms with van der Waals surface area (Å²) in [6.45, 7) is 1.88. The van der Waals surface area contributed by atoms with E-state index in [9.17, 15) is 4.39 Å². The van der Waals surface area contributed by atoms with Gasteiger partial charge in [0, 0.05) is 13.1 Å². The highest BCUT2D eigenvalue weighted by molar-refractivity contribution is 5.37. The van der Waals surface area contributed by atoms with Gasteiger partial charge in [0.05, 0.1) is 24.3 Å². The van der Waals surface area contributed by atoms with Gasteiger partial charge in [-0.1, -0.05) is 19.3 Å². The summed E-state index contributed by atoms with van der Waals surface area (Å²) in [5.74, 6) is -0.306. The average molecular weight is 276 g/mol. The Hall–Kier alpha value is -1.44. The maximum Gasteiger partial charge on any atom is 0.123 e. The summed E-state index contributed by atoms with van der Waals surface area (Å²) >= 11 is 0. The fourth-order valence-electron chi connectivity index (χ4n) is 2.57. The quantitative estimate of drug-likeness (QED) is 0.812. The van der Waals surface area contributed by atoms with E-state index in [1.807, 2.05) is 0 Å². The van der Waals surface area contributed by atoms with E-state index in [2.05, 4.69) is 11.4 Å². The normalized spacial score (nSPS) is 16.0. The Morgan fingerprint density at radius 3 is 2.85 bits per heavy atom. The molecule has 3 nitrogen and oxygen atoms in total. The fraction of sp³-hybridized carbons (Fsp3) is 0.562. The molecule has 0 radical (unpaired) electrons. The number of benzene rings is 1. The number of rotatable bonds is 6. The van der Waals surface area contributed by atoms with Crippen LogP contribution in [0.15, 0.2) is 18.2 Å². The molecule has 1 aliphatic carbocycles. The Morgan fingerprint density at radius 1 is 1.30 bits per heavy atom. The van der Waals surface area contributed by atoms with Gasteiger partial charge in [-0.3, -0.25) is 0 Å². The summed E-state index contributed by atoms with van der Waals surface area (Å²) in [6.07, 6.45) is 6.62. The molecule has 1 N–H and O–H groups in total. The number of halogens is 1. The summed E-state index contributed by atoms with van der Waals surface area (Å²) in [6, 6.07) is 6.32. The van der Waals surface area contributed by atoms with E-state index < -0.39 is 0 Å². The number of nitrogens with one attached hydrogen (secondary N) is 1. The second kappa shape index (κ2) is 7.98. The molecule has 1 fully saturated rings. The molecule has 0 aliphatic heterocycles. The maximum absolute atomic E-state index is 13.1. The summed E-state index contributed by atoms with van der Waals surface area (Å²) in [4.78, 5) is 0. The SMILES string of the molecule is N#Cc1ccc(F)cc1CNCCOC1CCCCC1. The molecule has 1 aromatic rings. The predicted octanol–water partition coefficient (Wildman–Crippen LogP) is 3.14. The summed E-state index contributed by atoms with van der Waals surface area (Å²) in [7, 11) is 0. The molecule has 1 saturated carbocycles. The van der Waals surface area contributed by atoms with Gasteiger partial charge in [0.25, 0.3) is 0 Å². The molecule has 0 amide bonds.